The first-order valence-corrected chi connectivity index (χ1v) is 5.39. The third kappa shape index (κ3) is 2.97. The molecule has 0 saturated heterocycles. The molecule has 0 aliphatic carbocycles. The Morgan fingerprint density at radius 3 is 2.53 bits per heavy atom. The van der Waals surface area contributed by atoms with Crippen molar-refractivity contribution in [2.45, 2.75) is 18.2 Å². The van der Waals surface area contributed by atoms with E-state index in [-0.39, 0.29) is 17.3 Å². The molecule has 1 unspecified atom stereocenters. The van der Waals surface area contributed by atoms with Gasteiger partial charge in [0.25, 0.3) is 0 Å². The van der Waals surface area contributed by atoms with Gasteiger partial charge in [0, 0.05) is 6.07 Å². The van der Waals surface area contributed by atoms with Crippen LogP contribution < -0.4 is 4.74 Å². The summed E-state index contributed by atoms with van der Waals surface area (Å²) in [6.45, 7) is 2.10. The highest BCUT2D eigenvalue weighted by Gasteiger charge is 2.14. The molecule has 0 saturated carbocycles. The van der Waals surface area contributed by atoms with Crippen molar-refractivity contribution in [2.75, 3.05) is 6.61 Å². The van der Waals surface area contributed by atoms with Gasteiger partial charge in [0.1, 0.15) is 10.6 Å². The molecule has 84 valence electrons. The summed E-state index contributed by atoms with van der Waals surface area (Å²) in [6, 6.07) is 1.44. The molecule has 0 radical (unpaired) electrons. The van der Waals surface area contributed by atoms with Crippen LogP contribution >= 0.6 is 0 Å². The van der Waals surface area contributed by atoms with Crippen LogP contribution in [0.4, 0.5) is 8.78 Å². The van der Waals surface area contributed by atoms with Gasteiger partial charge in [-0.15, -0.1) is 0 Å². The van der Waals surface area contributed by atoms with Gasteiger partial charge >= 0.3 is 0 Å². The minimum atomic E-state index is -2.39. The molecule has 1 aromatic rings. The largest absolute Gasteiger partial charge is 0.492 e. The second kappa shape index (κ2) is 5.18. The maximum absolute atomic E-state index is 12.8. The fourth-order valence-corrected chi connectivity index (χ4v) is 1.47. The molecule has 0 spiro atoms. The van der Waals surface area contributed by atoms with E-state index >= 15 is 0 Å². The molecule has 1 aromatic carbocycles. The van der Waals surface area contributed by atoms with Crippen molar-refractivity contribution in [2.24, 2.45) is 0 Å². The lowest BCUT2D eigenvalue weighted by molar-refractivity contribution is 0.305. The molecular formula is C9H10F2O3S. The Morgan fingerprint density at radius 2 is 2.00 bits per heavy atom. The summed E-state index contributed by atoms with van der Waals surface area (Å²) >= 11 is -2.39. The van der Waals surface area contributed by atoms with Crippen LogP contribution in [-0.2, 0) is 11.1 Å². The van der Waals surface area contributed by atoms with Gasteiger partial charge in [-0.1, -0.05) is 6.92 Å². The zero-order chi connectivity index (χ0) is 11.4. The van der Waals surface area contributed by atoms with Crippen molar-refractivity contribution in [3.8, 4) is 5.75 Å². The van der Waals surface area contributed by atoms with Gasteiger partial charge in [0.15, 0.2) is 22.7 Å². The fourth-order valence-electron chi connectivity index (χ4n) is 0.972. The first kappa shape index (κ1) is 12.1. The molecule has 1 atom stereocenters. The summed E-state index contributed by atoms with van der Waals surface area (Å²) in [6.07, 6.45) is 0.663. The summed E-state index contributed by atoms with van der Waals surface area (Å²) in [4.78, 5) is -0.262. The van der Waals surface area contributed by atoms with Crippen LogP contribution in [0.3, 0.4) is 0 Å². The van der Waals surface area contributed by atoms with E-state index in [0.29, 0.717) is 12.5 Å². The van der Waals surface area contributed by atoms with Crippen molar-refractivity contribution < 1.29 is 22.3 Å². The number of hydrogen-bond donors (Lipinski definition) is 1. The molecule has 0 bridgehead atoms. The summed E-state index contributed by atoms with van der Waals surface area (Å²) < 4.78 is 50.2. The highest BCUT2D eigenvalue weighted by molar-refractivity contribution is 7.79. The third-order valence-corrected chi connectivity index (χ3v) is 2.33. The molecule has 0 aromatic heterocycles. The first-order chi connectivity index (χ1) is 7.06. The molecule has 0 heterocycles. The Kier molecular flexibility index (Phi) is 4.16. The Labute approximate surface area is 88.3 Å². The lowest BCUT2D eigenvalue weighted by Crippen LogP contribution is -2.02. The first-order valence-electron chi connectivity index (χ1n) is 4.29. The Morgan fingerprint density at radius 1 is 1.40 bits per heavy atom. The van der Waals surface area contributed by atoms with Gasteiger partial charge in [-0.3, -0.25) is 0 Å². The molecule has 0 fully saturated rings. The molecule has 1 N–H and O–H groups in total. The second-order valence-corrected chi connectivity index (χ2v) is 3.75. The molecular weight excluding hydrogens is 226 g/mol. The maximum Gasteiger partial charge on any atom is 0.190 e. The van der Waals surface area contributed by atoms with Gasteiger partial charge in [0.2, 0.25) is 0 Å². The summed E-state index contributed by atoms with van der Waals surface area (Å²) in [7, 11) is 0. The second-order valence-electron chi connectivity index (χ2n) is 2.81. The summed E-state index contributed by atoms with van der Waals surface area (Å²) in [5.41, 5.74) is 0. The predicted molar refractivity (Wildman–Crippen MR) is 51.2 cm³/mol. The highest BCUT2D eigenvalue weighted by atomic mass is 32.2. The van der Waals surface area contributed by atoms with E-state index in [1.165, 1.54) is 0 Å². The van der Waals surface area contributed by atoms with E-state index in [9.17, 15) is 13.0 Å². The van der Waals surface area contributed by atoms with Crippen LogP contribution in [0.5, 0.6) is 5.75 Å². The number of rotatable bonds is 4. The number of hydrogen-bond acceptors (Lipinski definition) is 2. The van der Waals surface area contributed by atoms with E-state index in [1.54, 1.807) is 0 Å². The zero-order valence-corrected chi connectivity index (χ0v) is 8.81. The standard InChI is InChI=1S/C9H10F2O3S/c1-2-3-14-8-4-6(10)7(11)5-9(8)15(12)13/h4-5H,2-3H2,1H3,(H,12,13). The van der Waals surface area contributed by atoms with E-state index in [1.807, 2.05) is 6.92 Å². The van der Waals surface area contributed by atoms with Gasteiger partial charge in [-0.2, -0.15) is 0 Å². The van der Waals surface area contributed by atoms with Gasteiger partial charge in [0.05, 0.1) is 6.61 Å². The minimum Gasteiger partial charge on any atom is -0.492 e. The van der Waals surface area contributed by atoms with E-state index < -0.39 is 22.7 Å². The predicted octanol–water partition coefficient (Wildman–Crippen LogP) is 2.33. The average Bonchev–Trinajstić information content (AvgIpc) is 2.19. The third-order valence-electron chi connectivity index (χ3n) is 1.64. The van der Waals surface area contributed by atoms with Crippen LogP contribution in [-0.4, -0.2) is 15.4 Å². The van der Waals surface area contributed by atoms with E-state index in [2.05, 4.69) is 0 Å². The molecule has 0 aliphatic rings. The minimum absolute atomic E-state index is 0.100. The smallest absolute Gasteiger partial charge is 0.190 e. The monoisotopic (exact) mass is 236 g/mol. The Bertz CT molecular complexity index is 382. The molecule has 15 heavy (non-hydrogen) atoms. The molecule has 3 nitrogen and oxygen atoms in total. The van der Waals surface area contributed by atoms with Crippen LogP contribution in [0.25, 0.3) is 0 Å². The van der Waals surface area contributed by atoms with Crippen molar-refractivity contribution in [3.63, 3.8) is 0 Å². The number of halogens is 2. The van der Waals surface area contributed by atoms with Crippen LogP contribution in [0.2, 0.25) is 0 Å². The SMILES string of the molecule is CCCOc1cc(F)c(F)cc1S(=O)O. The summed E-state index contributed by atoms with van der Waals surface area (Å²) in [5, 5.41) is 0. The van der Waals surface area contributed by atoms with Crippen molar-refractivity contribution >= 4 is 11.1 Å². The lowest BCUT2D eigenvalue weighted by Gasteiger charge is -2.08. The quantitative estimate of drug-likeness (QED) is 0.816. The van der Waals surface area contributed by atoms with Gasteiger partial charge in [-0.25, -0.2) is 13.0 Å². The van der Waals surface area contributed by atoms with Gasteiger partial charge in [-0.05, 0) is 12.5 Å². The van der Waals surface area contributed by atoms with Crippen molar-refractivity contribution in [1.82, 2.24) is 0 Å². The zero-order valence-electron chi connectivity index (χ0n) is 8.00. The van der Waals surface area contributed by atoms with Crippen LogP contribution in [0.1, 0.15) is 13.3 Å². The van der Waals surface area contributed by atoms with Crippen molar-refractivity contribution in [1.29, 1.82) is 0 Å². The fraction of sp³-hybridized carbons (Fsp3) is 0.333. The molecule has 6 heteroatoms. The number of benzene rings is 1. The van der Waals surface area contributed by atoms with Crippen molar-refractivity contribution in [3.05, 3.63) is 23.8 Å². The summed E-state index contributed by atoms with van der Waals surface area (Å²) in [5.74, 6) is -2.37. The topological polar surface area (TPSA) is 46.5 Å². The highest BCUT2D eigenvalue weighted by Crippen LogP contribution is 2.25. The van der Waals surface area contributed by atoms with Gasteiger partial charge < -0.3 is 9.29 Å². The Balaban J connectivity index is 3.10. The molecule has 1 rings (SSSR count). The van der Waals surface area contributed by atoms with Crippen LogP contribution in [0, 0.1) is 11.6 Å². The molecule has 0 aliphatic heterocycles. The normalized spacial score (nSPS) is 12.5. The maximum atomic E-state index is 12.8. The van der Waals surface area contributed by atoms with E-state index in [0.717, 1.165) is 6.07 Å². The molecule has 0 amide bonds. The number of ether oxygens (including phenoxy) is 1. The average molecular weight is 236 g/mol. The van der Waals surface area contributed by atoms with Crippen LogP contribution in [0.15, 0.2) is 17.0 Å². The van der Waals surface area contributed by atoms with E-state index in [4.69, 9.17) is 9.29 Å². The lowest BCUT2D eigenvalue weighted by atomic mass is 10.3. The Hall–Kier alpha value is -1.01.